The molecule has 1 aromatic heterocycles. The number of rotatable bonds is 5. The van der Waals surface area contributed by atoms with Crippen molar-refractivity contribution in [2.24, 2.45) is 0 Å². The van der Waals surface area contributed by atoms with Crippen LogP contribution in [0.25, 0.3) is 21.3 Å². The number of nitrogens with zero attached hydrogens (tertiary/aromatic N) is 2. The van der Waals surface area contributed by atoms with E-state index in [0.29, 0.717) is 30.1 Å². The Morgan fingerprint density at radius 1 is 1.03 bits per heavy atom. The van der Waals surface area contributed by atoms with Crippen molar-refractivity contribution < 1.29 is 19.1 Å². The Morgan fingerprint density at radius 2 is 1.73 bits per heavy atom. The number of benzene rings is 3. The Bertz CT molecular complexity index is 1340. The number of carbonyl (C=O) groups excluding carboxylic acids is 1. The van der Waals surface area contributed by atoms with Crippen molar-refractivity contribution in [1.29, 1.82) is 0 Å². The summed E-state index contributed by atoms with van der Waals surface area (Å²) in [6, 6.07) is 18.8. The third kappa shape index (κ3) is 4.29. The van der Waals surface area contributed by atoms with E-state index in [2.05, 4.69) is 10.3 Å². The van der Waals surface area contributed by atoms with Gasteiger partial charge in [-0.05, 0) is 66.4 Å². The van der Waals surface area contributed by atoms with Crippen LogP contribution in [-0.4, -0.2) is 39.5 Å². The summed E-state index contributed by atoms with van der Waals surface area (Å²) in [5, 5.41) is 13.3. The first-order valence-electron chi connectivity index (χ1n) is 10.6. The quantitative estimate of drug-likeness (QED) is 0.408. The molecule has 0 bridgehead atoms. The second-order valence-electron chi connectivity index (χ2n) is 7.91. The molecule has 1 fully saturated rings. The van der Waals surface area contributed by atoms with Crippen molar-refractivity contribution >= 4 is 44.2 Å². The largest absolute Gasteiger partial charge is 0.480 e. The maximum atomic E-state index is 13.4. The highest BCUT2D eigenvalue weighted by molar-refractivity contribution is 7.22. The first-order chi connectivity index (χ1) is 16.0. The maximum absolute atomic E-state index is 13.4. The van der Waals surface area contributed by atoms with Gasteiger partial charge in [-0.15, -0.1) is 0 Å². The second kappa shape index (κ2) is 8.63. The van der Waals surface area contributed by atoms with Gasteiger partial charge >= 0.3 is 5.97 Å². The molecule has 1 aliphatic rings. The van der Waals surface area contributed by atoms with Crippen LogP contribution in [0.15, 0.2) is 66.7 Å². The smallest absolute Gasteiger partial charge is 0.326 e. The highest BCUT2D eigenvalue weighted by Crippen LogP contribution is 2.30. The molecule has 1 saturated heterocycles. The number of aliphatic carboxylic acids is 1. The molecular weight excluding hydrogens is 441 g/mol. The van der Waals surface area contributed by atoms with Crippen molar-refractivity contribution in [3.63, 3.8) is 0 Å². The molecule has 33 heavy (non-hydrogen) atoms. The highest BCUT2D eigenvalue weighted by Gasteiger charge is 2.34. The van der Waals surface area contributed by atoms with Crippen LogP contribution in [0.3, 0.4) is 0 Å². The van der Waals surface area contributed by atoms with Crippen LogP contribution in [0.1, 0.15) is 23.2 Å². The van der Waals surface area contributed by atoms with Crippen molar-refractivity contribution in [3.05, 3.63) is 78.1 Å². The molecule has 0 spiro atoms. The SMILES string of the molecule is O=C(O)[C@@H]1CCCN1C(=O)c1ccc(-c2ccc(Nc3nc4ccc(F)cc4s3)cc2)cc1. The average molecular weight is 462 g/mol. The number of likely N-dealkylation sites (tertiary alicyclic amines) is 1. The fourth-order valence-electron chi connectivity index (χ4n) is 4.06. The van der Waals surface area contributed by atoms with E-state index in [1.807, 2.05) is 36.4 Å². The minimum Gasteiger partial charge on any atom is -0.480 e. The maximum Gasteiger partial charge on any atom is 0.326 e. The molecule has 1 atom stereocenters. The molecule has 6 nitrogen and oxygen atoms in total. The van der Waals surface area contributed by atoms with E-state index in [1.54, 1.807) is 18.2 Å². The number of carbonyl (C=O) groups is 2. The molecular formula is C25H20FN3O3S. The highest BCUT2D eigenvalue weighted by atomic mass is 32.1. The Hall–Kier alpha value is -3.78. The van der Waals surface area contributed by atoms with Gasteiger partial charge in [0.25, 0.3) is 5.91 Å². The Morgan fingerprint density at radius 3 is 2.42 bits per heavy atom. The summed E-state index contributed by atoms with van der Waals surface area (Å²) in [7, 11) is 0. The first-order valence-corrected chi connectivity index (χ1v) is 11.4. The number of aromatic nitrogens is 1. The van der Waals surface area contributed by atoms with Gasteiger partial charge in [0.2, 0.25) is 0 Å². The molecule has 1 aliphatic heterocycles. The van der Waals surface area contributed by atoms with E-state index in [4.69, 9.17) is 0 Å². The third-order valence-electron chi connectivity index (χ3n) is 5.75. The fraction of sp³-hybridized carbons (Fsp3) is 0.160. The normalized spacial score (nSPS) is 15.7. The van der Waals surface area contributed by atoms with Crippen LogP contribution >= 0.6 is 11.3 Å². The molecule has 0 radical (unpaired) electrons. The lowest BCUT2D eigenvalue weighted by Crippen LogP contribution is -2.40. The number of thiazole rings is 1. The summed E-state index contributed by atoms with van der Waals surface area (Å²) in [5.74, 6) is -1.48. The van der Waals surface area contributed by atoms with Gasteiger partial charge in [-0.1, -0.05) is 35.6 Å². The van der Waals surface area contributed by atoms with Gasteiger partial charge < -0.3 is 15.3 Å². The van der Waals surface area contributed by atoms with E-state index in [0.717, 1.165) is 27.0 Å². The number of fused-ring (bicyclic) bond motifs is 1. The zero-order valence-corrected chi connectivity index (χ0v) is 18.3. The number of carboxylic acids is 1. The second-order valence-corrected chi connectivity index (χ2v) is 8.94. The molecule has 2 N–H and O–H groups in total. The van der Waals surface area contributed by atoms with Gasteiger partial charge in [-0.25, -0.2) is 14.2 Å². The summed E-state index contributed by atoms with van der Waals surface area (Å²) >= 11 is 1.39. The zero-order chi connectivity index (χ0) is 22.9. The number of anilines is 2. The standard InChI is InChI=1S/C25H20FN3O3S/c26-18-9-12-20-22(14-18)33-25(28-20)27-19-10-7-16(8-11-19)15-3-5-17(6-4-15)23(30)29-13-1-2-21(29)24(31)32/h3-12,14,21H,1-2,13H2,(H,27,28)(H,31,32)/t21-/m0/s1. The Kier molecular flexibility index (Phi) is 5.51. The van der Waals surface area contributed by atoms with E-state index in [9.17, 15) is 19.1 Å². The lowest BCUT2D eigenvalue weighted by atomic mass is 10.0. The van der Waals surface area contributed by atoms with Crippen molar-refractivity contribution in [2.75, 3.05) is 11.9 Å². The summed E-state index contributed by atoms with van der Waals surface area (Å²) in [6.45, 7) is 0.468. The van der Waals surface area contributed by atoms with Gasteiger partial charge in [0.15, 0.2) is 5.13 Å². The molecule has 1 amide bonds. The molecule has 0 aliphatic carbocycles. The topological polar surface area (TPSA) is 82.5 Å². The van der Waals surface area contributed by atoms with Gasteiger partial charge in [0, 0.05) is 17.8 Å². The molecule has 166 valence electrons. The van der Waals surface area contributed by atoms with Gasteiger partial charge in [0.1, 0.15) is 11.9 Å². The van der Waals surface area contributed by atoms with E-state index >= 15 is 0 Å². The lowest BCUT2D eigenvalue weighted by molar-refractivity contribution is -0.141. The van der Waals surface area contributed by atoms with E-state index < -0.39 is 12.0 Å². The zero-order valence-electron chi connectivity index (χ0n) is 17.5. The lowest BCUT2D eigenvalue weighted by Gasteiger charge is -2.21. The van der Waals surface area contributed by atoms with Gasteiger partial charge in [-0.2, -0.15) is 0 Å². The van der Waals surface area contributed by atoms with Crippen LogP contribution in [0.5, 0.6) is 0 Å². The average Bonchev–Trinajstić information content (AvgIpc) is 3.46. The van der Waals surface area contributed by atoms with E-state index in [-0.39, 0.29) is 11.7 Å². The Labute approximate surface area is 193 Å². The number of carboxylic acid groups (broad SMARTS) is 1. The third-order valence-corrected chi connectivity index (χ3v) is 6.68. The number of nitrogens with one attached hydrogen (secondary N) is 1. The summed E-state index contributed by atoms with van der Waals surface area (Å²) in [6.07, 6.45) is 1.20. The van der Waals surface area contributed by atoms with Crippen LogP contribution < -0.4 is 5.32 Å². The molecule has 5 rings (SSSR count). The molecule has 3 aromatic carbocycles. The van der Waals surface area contributed by atoms with E-state index in [1.165, 1.54) is 28.4 Å². The monoisotopic (exact) mass is 461 g/mol. The summed E-state index contributed by atoms with van der Waals surface area (Å²) < 4.78 is 14.2. The Balaban J connectivity index is 1.29. The number of hydrogen-bond donors (Lipinski definition) is 2. The van der Waals surface area contributed by atoms with Crippen LogP contribution in [0, 0.1) is 5.82 Å². The minimum absolute atomic E-state index is 0.248. The fourth-order valence-corrected chi connectivity index (χ4v) is 4.97. The summed E-state index contributed by atoms with van der Waals surface area (Å²) in [4.78, 5) is 30.0. The molecule has 0 saturated carbocycles. The molecule has 8 heteroatoms. The van der Waals surface area contributed by atoms with Gasteiger partial charge in [-0.3, -0.25) is 4.79 Å². The predicted molar refractivity (Wildman–Crippen MR) is 126 cm³/mol. The first kappa shape index (κ1) is 21.1. The van der Waals surface area contributed by atoms with Gasteiger partial charge in [0.05, 0.1) is 10.2 Å². The minimum atomic E-state index is -0.954. The number of amides is 1. The van der Waals surface area contributed by atoms with Crippen LogP contribution in [-0.2, 0) is 4.79 Å². The summed E-state index contributed by atoms with van der Waals surface area (Å²) in [5.41, 5.74) is 4.02. The van der Waals surface area contributed by atoms with Crippen molar-refractivity contribution in [1.82, 2.24) is 9.88 Å². The number of hydrogen-bond acceptors (Lipinski definition) is 5. The van der Waals surface area contributed by atoms with Crippen LogP contribution in [0.4, 0.5) is 15.2 Å². The molecule has 4 aromatic rings. The molecule has 2 heterocycles. The number of halogens is 1. The van der Waals surface area contributed by atoms with Crippen LogP contribution in [0.2, 0.25) is 0 Å². The predicted octanol–water partition coefficient (Wildman–Crippen LogP) is 5.54. The van der Waals surface area contributed by atoms with Crippen molar-refractivity contribution in [3.8, 4) is 11.1 Å². The van der Waals surface area contributed by atoms with Crippen molar-refractivity contribution in [2.45, 2.75) is 18.9 Å². The molecule has 0 unspecified atom stereocenters.